The zero-order valence-corrected chi connectivity index (χ0v) is 17.5. The molecule has 1 aliphatic carbocycles. The van der Waals surface area contributed by atoms with Gasteiger partial charge in [-0.1, -0.05) is 12.1 Å². The van der Waals surface area contributed by atoms with Crippen LogP contribution in [0.2, 0.25) is 0 Å². The molecule has 0 bridgehead atoms. The summed E-state index contributed by atoms with van der Waals surface area (Å²) in [5, 5.41) is 6.51. The van der Waals surface area contributed by atoms with Crippen LogP contribution in [0.3, 0.4) is 0 Å². The fourth-order valence-corrected chi connectivity index (χ4v) is 3.69. The Morgan fingerprint density at radius 3 is 2.61 bits per heavy atom. The maximum atomic E-state index is 13.3. The summed E-state index contributed by atoms with van der Waals surface area (Å²) in [7, 11) is 0. The third-order valence-electron chi connectivity index (χ3n) is 5.23. The Hall–Kier alpha value is -3.95. The van der Waals surface area contributed by atoms with E-state index in [0.717, 1.165) is 6.07 Å². The van der Waals surface area contributed by atoms with Gasteiger partial charge >= 0.3 is 6.18 Å². The molecule has 0 spiro atoms. The number of hydrogen-bond donors (Lipinski definition) is 2. The lowest BCUT2D eigenvalue weighted by molar-refractivity contribution is -0.136. The van der Waals surface area contributed by atoms with Gasteiger partial charge in [0.2, 0.25) is 0 Å². The minimum Gasteiger partial charge on any atom is -0.455 e. The average molecular weight is 456 g/mol. The summed E-state index contributed by atoms with van der Waals surface area (Å²) in [6.45, 7) is 1.64. The SMILES string of the molecule is Cc1c(C(=O)Nc2ccccc2C(F)(F)F)oc2c1/C(=N/NC(=O)c1cccnc1)CCC2. The van der Waals surface area contributed by atoms with Crippen LogP contribution in [0.5, 0.6) is 0 Å². The second-order valence-electron chi connectivity index (χ2n) is 7.45. The number of rotatable bonds is 4. The first-order valence-electron chi connectivity index (χ1n) is 10.1. The normalized spacial score (nSPS) is 14.6. The standard InChI is InChI=1S/C23H19F3N4O3/c1-13-19-17(29-30-21(31)14-6-5-11-27-12-14)9-4-10-18(19)33-20(13)22(32)28-16-8-3-2-7-15(16)23(24,25)26/h2-3,5-8,11-12H,4,9-10H2,1H3,(H,28,32)(H,30,31)/b29-17+. The highest BCUT2D eigenvalue weighted by Crippen LogP contribution is 2.35. The Morgan fingerprint density at radius 2 is 1.88 bits per heavy atom. The van der Waals surface area contributed by atoms with Crippen molar-refractivity contribution in [1.29, 1.82) is 0 Å². The number of aryl methyl sites for hydroxylation is 1. The lowest BCUT2D eigenvalue weighted by Crippen LogP contribution is -2.22. The summed E-state index contributed by atoms with van der Waals surface area (Å²) in [6.07, 6.45) is 0.0979. The minimum atomic E-state index is -4.62. The third kappa shape index (κ3) is 4.64. The number of benzene rings is 1. The molecule has 7 nitrogen and oxygen atoms in total. The molecular formula is C23H19F3N4O3. The third-order valence-corrected chi connectivity index (χ3v) is 5.23. The molecule has 0 saturated heterocycles. The van der Waals surface area contributed by atoms with Crippen molar-refractivity contribution in [2.45, 2.75) is 32.4 Å². The van der Waals surface area contributed by atoms with Gasteiger partial charge in [0.25, 0.3) is 11.8 Å². The van der Waals surface area contributed by atoms with E-state index in [1.54, 1.807) is 25.3 Å². The molecule has 2 amide bonds. The van der Waals surface area contributed by atoms with Crippen molar-refractivity contribution in [3.63, 3.8) is 0 Å². The van der Waals surface area contributed by atoms with Crippen molar-refractivity contribution in [2.24, 2.45) is 5.10 Å². The van der Waals surface area contributed by atoms with Crippen molar-refractivity contribution in [3.05, 3.63) is 82.6 Å². The number of amides is 2. The van der Waals surface area contributed by atoms with Crippen molar-refractivity contribution < 1.29 is 27.2 Å². The largest absolute Gasteiger partial charge is 0.455 e. The van der Waals surface area contributed by atoms with E-state index >= 15 is 0 Å². The number of carbonyl (C=O) groups is 2. The van der Waals surface area contributed by atoms with Crippen molar-refractivity contribution in [1.82, 2.24) is 10.4 Å². The zero-order chi connectivity index (χ0) is 23.6. The fraction of sp³-hybridized carbons (Fsp3) is 0.217. The van der Waals surface area contributed by atoms with Gasteiger partial charge in [0, 0.05) is 29.9 Å². The molecule has 0 radical (unpaired) electrons. The molecule has 0 saturated carbocycles. The van der Waals surface area contributed by atoms with Crippen LogP contribution in [0.25, 0.3) is 0 Å². The molecule has 0 aliphatic heterocycles. The van der Waals surface area contributed by atoms with Gasteiger partial charge in [-0.25, -0.2) is 5.43 Å². The lowest BCUT2D eigenvalue weighted by atomic mass is 9.93. The fourth-order valence-electron chi connectivity index (χ4n) is 3.69. The molecule has 33 heavy (non-hydrogen) atoms. The molecule has 2 aromatic heterocycles. The number of alkyl halides is 3. The first-order valence-corrected chi connectivity index (χ1v) is 10.1. The molecule has 2 N–H and O–H groups in total. The summed E-state index contributed by atoms with van der Waals surface area (Å²) in [5.41, 5.74) is 3.07. The molecular weight excluding hydrogens is 437 g/mol. The van der Waals surface area contributed by atoms with Crippen LogP contribution in [0.1, 0.15) is 56.2 Å². The number of carbonyl (C=O) groups excluding carboxylic acids is 2. The number of furan rings is 1. The molecule has 10 heteroatoms. The lowest BCUT2D eigenvalue weighted by Gasteiger charge is -2.13. The topological polar surface area (TPSA) is 96.6 Å². The van der Waals surface area contributed by atoms with Gasteiger partial charge in [-0.05, 0) is 44.0 Å². The number of hydrogen-bond acceptors (Lipinski definition) is 5. The molecule has 1 aromatic carbocycles. The van der Waals surface area contributed by atoms with E-state index < -0.39 is 23.6 Å². The van der Waals surface area contributed by atoms with E-state index in [0.29, 0.717) is 47.4 Å². The van der Waals surface area contributed by atoms with E-state index in [2.05, 4.69) is 20.8 Å². The molecule has 1 aliphatic rings. The molecule has 4 rings (SSSR count). The quantitative estimate of drug-likeness (QED) is 0.555. The van der Waals surface area contributed by atoms with Gasteiger partial charge in [-0.2, -0.15) is 18.3 Å². The van der Waals surface area contributed by atoms with Crippen molar-refractivity contribution >= 4 is 23.2 Å². The summed E-state index contributed by atoms with van der Waals surface area (Å²) < 4.78 is 45.5. The monoisotopic (exact) mass is 456 g/mol. The minimum absolute atomic E-state index is 0.0924. The van der Waals surface area contributed by atoms with E-state index in [-0.39, 0.29) is 11.4 Å². The van der Waals surface area contributed by atoms with Gasteiger partial charge < -0.3 is 9.73 Å². The van der Waals surface area contributed by atoms with E-state index in [1.165, 1.54) is 24.4 Å². The van der Waals surface area contributed by atoms with Crippen LogP contribution in [0.15, 0.2) is 58.3 Å². The summed E-state index contributed by atoms with van der Waals surface area (Å²) in [5.74, 6) is -0.824. The van der Waals surface area contributed by atoms with Gasteiger partial charge in [0.1, 0.15) is 5.76 Å². The number of fused-ring (bicyclic) bond motifs is 1. The Labute approximate surface area is 186 Å². The smallest absolute Gasteiger partial charge is 0.418 e. The predicted molar refractivity (Wildman–Crippen MR) is 114 cm³/mol. The Kier molecular flexibility index (Phi) is 5.99. The summed E-state index contributed by atoms with van der Waals surface area (Å²) >= 11 is 0. The molecule has 2 heterocycles. The van der Waals surface area contributed by atoms with Crippen LogP contribution in [-0.2, 0) is 12.6 Å². The van der Waals surface area contributed by atoms with E-state index in [4.69, 9.17) is 4.42 Å². The second kappa shape index (κ2) is 8.89. The molecule has 0 unspecified atom stereocenters. The zero-order valence-electron chi connectivity index (χ0n) is 17.5. The van der Waals surface area contributed by atoms with Crippen LogP contribution in [0.4, 0.5) is 18.9 Å². The van der Waals surface area contributed by atoms with Crippen LogP contribution < -0.4 is 10.7 Å². The maximum Gasteiger partial charge on any atom is 0.418 e. The van der Waals surface area contributed by atoms with Crippen molar-refractivity contribution in [2.75, 3.05) is 5.32 Å². The first kappa shape index (κ1) is 22.3. The number of aromatic nitrogens is 1. The highest BCUT2D eigenvalue weighted by Gasteiger charge is 2.34. The molecule has 3 aromatic rings. The molecule has 0 atom stereocenters. The summed E-state index contributed by atoms with van der Waals surface area (Å²) in [4.78, 5) is 29.0. The highest BCUT2D eigenvalue weighted by molar-refractivity contribution is 6.09. The number of pyridine rings is 1. The first-order chi connectivity index (χ1) is 15.8. The number of nitrogens with one attached hydrogen (secondary N) is 2. The second-order valence-corrected chi connectivity index (χ2v) is 7.45. The number of hydrazone groups is 1. The van der Waals surface area contributed by atoms with E-state index in [1.807, 2.05) is 0 Å². The van der Waals surface area contributed by atoms with Crippen LogP contribution >= 0.6 is 0 Å². The van der Waals surface area contributed by atoms with Crippen LogP contribution in [0, 0.1) is 6.92 Å². The molecule has 0 fully saturated rings. The number of para-hydroxylation sites is 1. The number of halogens is 3. The van der Waals surface area contributed by atoms with Gasteiger partial charge in [-0.3, -0.25) is 14.6 Å². The van der Waals surface area contributed by atoms with Gasteiger partial charge in [0.15, 0.2) is 5.76 Å². The number of anilines is 1. The van der Waals surface area contributed by atoms with Crippen molar-refractivity contribution in [3.8, 4) is 0 Å². The van der Waals surface area contributed by atoms with Gasteiger partial charge in [0.05, 0.1) is 22.5 Å². The Morgan fingerprint density at radius 1 is 1.09 bits per heavy atom. The molecule has 170 valence electrons. The average Bonchev–Trinajstić information content (AvgIpc) is 3.15. The predicted octanol–water partition coefficient (Wildman–Crippen LogP) is 4.72. The Bertz CT molecular complexity index is 1230. The maximum absolute atomic E-state index is 13.3. The number of nitrogens with zero attached hydrogens (tertiary/aromatic N) is 2. The van der Waals surface area contributed by atoms with Crippen LogP contribution in [-0.4, -0.2) is 22.5 Å². The Balaban J connectivity index is 1.59. The summed E-state index contributed by atoms with van der Waals surface area (Å²) in [6, 6.07) is 7.95. The van der Waals surface area contributed by atoms with E-state index in [9.17, 15) is 22.8 Å². The highest BCUT2D eigenvalue weighted by atomic mass is 19.4. The van der Waals surface area contributed by atoms with Gasteiger partial charge in [-0.15, -0.1) is 0 Å².